The maximum absolute atomic E-state index is 5.48. The van der Waals surface area contributed by atoms with E-state index < -0.39 is 0 Å². The lowest BCUT2D eigenvalue weighted by molar-refractivity contribution is 0.425. The van der Waals surface area contributed by atoms with Crippen LogP contribution < -0.4 is 0 Å². The topological polar surface area (TPSA) is 26.3 Å². The minimum absolute atomic E-state index is 0.123. The van der Waals surface area contributed by atoms with Gasteiger partial charge in [-0.15, -0.1) is 0 Å². The molecule has 0 N–H and O–H groups in total. The van der Waals surface area contributed by atoms with Gasteiger partial charge in [0.05, 0.1) is 24.2 Å². The average Bonchev–Trinajstić information content (AvgIpc) is 2.89. The SMILES string of the molecule is CCc1cocc1C(C)(C)c1ccco1. The zero-order valence-corrected chi connectivity index (χ0v) is 9.41. The molecular formula is C13H16O2. The second-order valence-corrected chi connectivity index (χ2v) is 4.27. The Morgan fingerprint density at radius 3 is 2.67 bits per heavy atom. The number of furan rings is 2. The fourth-order valence-corrected chi connectivity index (χ4v) is 1.91. The fraction of sp³-hybridized carbons (Fsp3) is 0.385. The van der Waals surface area contributed by atoms with Crippen molar-refractivity contribution in [2.45, 2.75) is 32.6 Å². The van der Waals surface area contributed by atoms with E-state index in [0.29, 0.717) is 0 Å². The van der Waals surface area contributed by atoms with Crippen molar-refractivity contribution in [1.29, 1.82) is 0 Å². The van der Waals surface area contributed by atoms with Crippen LogP contribution in [-0.2, 0) is 11.8 Å². The standard InChI is InChI=1S/C13H16O2/c1-4-10-8-14-9-11(10)13(2,3)12-6-5-7-15-12/h5-9H,4H2,1-3H3. The normalized spacial score (nSPS) is 11.9. The lowest BCUT2D eigenvalue weighted by Gasteiger charge is -2.21. The highest BCUT2D eigenvalue weighted by Crippen LogP contribution is 2.34. The molecule has 0 unspecified atom stereocenters. The van der Waals surface area contributed by atoms with Crippen LogP contribution in [-0.4, -0.2) is 0 Å². The van der Waals surface area contributed by atoms with Crippen LogP contribution in [0.4, 0.5) is 0 Å². The predicted molar refractivity (Wildman–Crippen MR) is 58.9 cm³/mol. The van der Waals surface area contributed by atoms with Gasteiger partial charge in [0.15, 0.2) is 0 Å². The molecule has 0 atom stereocenters. The Hall–Kier alpha value is -1.44. The smallest absolute Gasteiger partial charge is 0.113 e. The minimum Gasteiger partial charge on any atom is -0.472 e. The molecule has 0 radical (unpaired) electrons. The second-order valence-electron chi connectivity index (χ2n) is 4.27. The first-order valence-corrected chi connectivity index (χ1v) is 5.25. The minimum atomic E-state index is -0.123. The largest absolute Gasteiger partial charge is 0.472 e. The summed E-state index contributed by atoms with van der Waals surface area (Å²) in [4.78, 5) is 0. The Balaban J connectivity index is 2.46. The first-order chi connectivity index (χ1) is 7.16. The van der Waals surface area contributed by atoms with Crippen molar-refractivity contribution in [2.75, 3.05) is 0 Å². The monoisotopic (exact) mass is 204 g/mol. The first-order valence-electron chi connectivity index (χ1n) is 5.25. The molecule has 2 aromatic heterocycles. The van der Waals surface area contributed by atoms with E-state index in [0.717, 1.165) is 12.2 Å². The van der Waals surface area contributed by atoms with Crippen LogP contribution in [0.5, 0.6) is 0 Å². The van der Waals surface area contributed by atoms with Crippen LogP contribution >= 0.6 is 0 Å². The van der Waals surface area contributed by atoms with Crippen molar-refractivity contribution in [3.05, 3.63) is 47.8 Å². The molecule has 0 saturated carbocycles. The third kappa shape index (κ3) is 1.60. The molecule has 0 bridgehead atoms. The van der Waals surface area contributed by atoms with E-state index in [1.54, 1.807) is 6.26 Å². The summed E-state index contributed by atoms with van der Waals surface area (Å²) in [6.45, 7) is 6.43. The van der Waals surface area contributed by atoms with Crippen molar-refractivity contribution >= 4 is 0 Å². The zero-order chi connectivity index (χ0) is 10.9. The molecule has 2 aromatic rings. The van der Waals surface area contributed by atoms with E-state index in [1.165, 1.54) is 11.1 Å². The highest BCUT2D eigenvalue weighted by Gasteiger charge is 2.29. The number of hydrogen-bond acceptors (Lipinski definition) is 2. The Bertz CT molecular complexity index is 421. The molecule has 0 aliphatic rings. The molecule has 80 valence electrons. The average molecular weight is 204 g/mol. The highest BCUT2D eigenvalue weighted by molar-refractivity contribution is 5.35. The summed E-state index contributed by atoms with van der Waals surface area (Å²) in [5.74, 6) is 0.971. The third-order valence-corrected chi connectivity index (χ3v) is 2.93. The molecule has 2 heteroatoms. The Labute approximate surface area is 89.9 Å². The molecule has 0 fully saturated rings. The van der Waals surface area contributed by atoms with Crippen LogP contribution in [0, 0.1) is 0 Å². The van der Waals surface area contributed by atoms with Gasteiger partial charge in [-0.2, -0.15) is 0 Å². The zero-order valence-electron chi connectivity index (χ0n) is 9.41. The maximum atomic E-state index is 5.48. The van der Waals surface area contributed by atoms with Crippen LogP contribution in [0.3, 0.4) is 0 Å². The van der Waals surface area contributed by atoms with Gasteiger partial charge in [0.1, 0.15) is 5.76 Å². The maximum Gasteiger partial charge on any atom is 0.113 e. The summed E-state index contributed by atoms with van der Waals surface area (Å²) in [6, 6.07) is 3.93. The van der Waals surface area contributed by atoms with Crippen LogP contribution in [0.1, 0.15) is 37.7 Å². The van der Waals surface area contributed by atoms with E-state index in [-0.39, 0.29) is 5.41 Å². The highest BCUT2D eigenvalue weighted by atomic mass is 16.3. The van der Waals surface area contributed by atoms with Gasteiger partial charge < -0.3 is 8.83 Å². The lowest BCUT2D eigenvalue weighted by atomic mass is 9.81. The van der Waals surface area contributed by atoms with Crippen LogP contribution in [0.15, 0.2) is 39.8 Å². The third-order valence-electron chi connectivity index (χ3n) is 2.93. The van der Waals surface area contributed by atoms with Gasteiger partial charge in [-0.05, 0) is 38.0 Å². The summed E-state index contributed by atoms with van der Waals surface area (Å²) in [5, 5.41) is 0. The summed E-state index contributed by atoms with van der Waals surface area (Å²) in [6.07, 6.45) is 6.33. The van der Waals surface area contributed by atoms with E-state index in [9.17, 15) is 0 Å². The van der Waals surface area contributed by atoms with Crippen molar-refractivity contribution in [3.8, 4) is 0 Å². The predicted octanol–water partition coefficient (Wildman–Crippen LogP) is 3.76. The molecule has 2 nitrogen and oxygen atoms in total. The van der Waals surface area contributed by atoms with Crippen molar-refractivity contribution in [3.63, 3.8) is 0 Å². The molecule has 0 saturated heterocycles. The van der Waals surface area contributed by atoms with Gasteiger partial charge in [0.25, 0.3) is 0 Å². The van der Waals surface area contributed by atoms with Crippen LogP contribution in [0.25, 0.3) is 0 Å². The summed E-state index contributed by atoms with van der Waals surface area (Å²) in [7, 11) is 0. The summed E-state index contributed by atoms with van der Waals surface area (Å²) < 4.78 is 10.8. The van der Waals surface area contributed by atoms with Gasteiger partial charge in [0.2, 0.25) is 0 Å². The van der Waals surface area contributed by atoms with Gasteiger partial charge in [-0.25, -0.2) is 0 Å². The Morgan fingerprint density at radius 2 is 2.07 bits per heavy atom. The van der Waals surface area contributed by atoms with Crippen LogP contribution in [0.2, 0.25) is 0 Å². The molecule has 0 aliphatic heterocycles. The molecule has 0 amide bonds. The molecule has 0 spiro atoms. The number of rotatable bonds is 3. The van der Waals surface area contributed by atoms with Crippen molar-refractivity contribution in [2.24, 2.45) is 0 Å². The van der Waals surface area contributed by atoms with Gasteiger partial charge >= 0.3 is 0 Å². The molecule has 2 heterocycles. The van der Waals surface area contributed by atoms with Crippen molar-refractivity contribution in [1.82, 2.24) is 0 Å². The van der Waals surface area contributed by atoms with E-state index in [2.05, 4.69) is 20.8 Å². The van der Waals surface area contributed by atoms with Gasteiger partial charge in [0, 0.05) is 5.56 Å². The fourth-order valence-electron chi connectivity index (χ4n) is 1.91. The van der Waals surface area contributed by atoms with Gasteiger partial charge in [-0.1, -0.05) is 6.92 Å². The van der Waals surface area contributed by atoms with Gasteiger partial charge in [-0.3, -0.25) is 0 Å². The Morgan fingerprint density at radius 1 is 1.27 bits per heavy atom. The summed E-state index contributed by atoms with van der Waals surface area (Å²) >= 11 is 0. The molecule has 0 aliphatic carbocycles. The lowest BCUT2D eigenvalue weighted by Crippen LogP contribution is -2.18. The van der Waals surface area contributed by atoms with Crippen molar-refractivity contribution < 1.29 is 8.83 Å². The molecular weight excluding hydrogens is 188 g/mol. The molecule has 0 aromatic carbocycles. The summed E-state index contributed by atoms with van der Waals surface area (Å²) in [5.41, 5.74) is 2.33. The number of aryl methyl sites for hydroxylation is 1. The second kappa shape index (κ2) is 3.61. The van der Waals surface area contributed by atoms with E-state index >= 15 is 0 Å². The van der Waals surface area contributed by atoms with E-state index in [1.807, 2.05) is 24.7 Å². The quantitative estimate of drug-likeness (QED) is 0.760. The first kappa shape index (κ1) is 10.1. The Kier molecular flexibility index (Phi) is 2.43. The molecule has 15 heavy (non-hydrogen) atoms. The molecule has 2 rings (SSSR count). The van der Waals surface area contributed by atoms with E-state index in [4.69, 9.17) is 8.83 Å². The number of hydrogen-bond donors (Lipinski definition) is 0.